The predicted molar refractivity (Wildman–Crippen MR) is 138 cm³/mol. The van der Waals surface area contributed by atoms with Crippen molar-refractivity contribution >= 4 is 35.3 Å². The molecule has 3 aliphatic rings. The van der Waals surface area contributed by atoms with Gasteiger partial charge in [0.25, 0.3) is 0 Å². The average Bonchev–Trinajstić information content (AvgIpc) is 2.85. The number of benzene rings is 1. The van der Waals surface area contributed by atoms with Crippen molar-refractivity contribution in [2.24, 2.45) is 0 Å². The van der Waals surface area contributed by atoms with Crippen molar-refractivity contribution in [3.8, 4) is 0 Å². The number of nitrogens with zero attached hydrogens (tertiary/aromatic N) is 2. The fourth-order valence-corrected chi connectivity index (χ4v) is 5.56. The molecule has 10 heteroatoms. The number of ether oxygens (including phenoxy) is 3. The highest BCUT2D eigenvalue weighted by molar-refractivity contribution is 8.03. The van der Waals surface area contributed by atoms with Crippen LogP contribution in [0.15, 0.2) is 47.0 Å². The van der Waals surface area contributed by atoms with Crippen molar-refractivity contribution in [3.05, 3.63) is 52.6 Å². The van der Waals surface area contributed by atoms with Crippen LogP contribution in [0.25, 0.3) is 0 Å². The summed E-state index contributed by atoms with van der Waals surface area (Å²) in [6.45, 7) is 8.87. The summed E-state index contributed by atoms with van der Waals surface area (Å²) in [6.07, 6.45) is 2.76. The van der Waals surface area contributed by atoms with Gasteiger partial charge in [-0.25, -0.2) is 9.59 Å². The summed E-state index contributed by atoms with van der Waals surface area (Å²) in [5.74, 6) is -0.247. The van der Waals surface area contributed by atoms with Crippen molar-refractivity contribution in [1.29, 1.82) is 0 Å². The number of rotatable bonds is 5. The maximum absolute atomic E-state index is 13.5. The molecular weight excluding hydrogens is 482 g/mol. The molecule has 1 unspecified atom stereocenters. The largest absolute Gasteiger partial charge is 0.465 e. The zero-order chi connectivity index (χ0) is 25.9. The fraction of sp³-hybridized carbons (Fsp3) is 0.500. The van der Waals surface area contributed by atoms with E-state index in [4.69, 9.17) is 14.2 Å². The fourth-order valence-electron chi connectivity index (χ4n) is 4.34. The maximum Gasteiger partial charge on any atom is 0.408 e. The third kappa shape index (κ3) is 6.22. The summed E-state index contributed by atoms with van der Waals surface area (Å²) >= 11 is 1.45. The number of ketones is 1. The zero-order valence-electron chi connectivity index (χ0n) is 21.1. The number of Topliss-reactive ketones (excluding diaryl/α,β-unsaturated/α-hetero) is 1. The van der Waals surface area contributed by atoms with Crippen LogP contribution in [0, 0.1) is 0 Å². The number of morpholine rings is 1. The Labute approximate surface area is 215 Å². The number of amides is 1. The first-order valence-corrected chi connectivity index (χ1v) is 13.0. The van der Waals surface area contributed by atoms with E-state index in [0.29, 0.717) is 31.1 Å². The topological polar surface area (TPSA) is 97.4 Å². The van der Waals surface area contributed by atoms with E-state index in [1.807, 2.05) is 17.0 Å². The molecule has 0 radical (unpaired) electrons. The Hall–Kier alpha value is -2.98. The van der Waals surface area contributed by atoms with E-state index in [1.54, 1.807) is 33.0 Å². The number of alkyl carbamates (subject to hydrolysis) is 1. The minimum absolute atomic E-state index is 0.143. The number of methoxy groups -OCH3 is 1. The lowest BCUT2D eigenvalue weighted by Gasteiger charge is -2.39. The summed E-state index contributed by atoms with van der Waals surface area (Å²) in [4.78, 5) is 43.1. The Morgan fingerprint density at radius 3 is 2.50 bits per heavy atom. The summed E-state index contributed by atoms with van der Waals surface area (Å²) in [6, 6.07) is 6.88. The van der Waals surface area contributed by atoms with Crippen LogP contribution in [0.4, 0.5) is 10.5 Å². The van der Waals surface area contributed by atoms with E-state index in [0.717, 1.165) is 29.2 Å². The minimum Gasteiger partial charge on any atom is -0.465 e. The Kier molecular flexibility index (Phi) is 7.94. The summed E-state index contributed by atoms with van der Waals surface area (Å²) in [5.41, 5.74) is 1.84. The van der Waals surface area contributed by atoms with E-state index < -0.39 is 29.7 Å². The van der Waals surface area contributed by atoms with E-state index >= 15 is 0 Å². The van der Waals surface area contributed by atoms with Gasteiger partial charge in [-0.2, -0.15) is 0 Å². The van der Waals surface area contributed by atoms with Crippen LogP contribution in [0.3, 0.4) is 0 Å². The molecule has 2 atom stereocenters. The molecule has 3 heterocycles. The van der Waals surface area contributed by atoms with Gasteiger partial charge in [0.1, 0.15) is 17.7 Å². The van der Waals surface area contributed by atoms with Crippen molar-refractivity contribution in [2.45, 2.75) is 45.0 Å². The molecule has 1 N–H and O–H groups in total. The molecule has 36 heavy (non-hydrogen) atoms. The maximum atomic E-state index is 13.5. The zero-order valence-corrected chi connectivity index (χ0v) is 21.9. The highest BCUT2D eigenvalue weighted by atomic mass is 32.2. The molecule has 1 aromatic rings. The van der Waals surface area contributed by atoms with Crippen molar-refractivity contribution in [2.75, 3.05) is 44.1 Å². The van der Waals surface area contributed by atoms with Gasteiger partial charge in [0.15, 0.2) is 5.78 Å². The van der Waals surface area contributed by atoms with Crippen LogP contribution in [0.2, 0.25) is 0 Å². The van der Waals surface area contributed by atoms with Crippen LogP contribution in [-0.2, 0) is 30.3 Å². The molecule has 4 rings (SSSR count). The first kappa shape index (κ1) is 26.1. The number of thioether (sulfide) groups is 1. The monoisotopic (exact) mass is 515 g/mol. The molecule has 1 amide bonds. The molecule has 2 saturated heterocycles. The average molecular weight is 516 g/mol. The van der Waals surface area contributed by atoms with Gasteiger partial charge in [-0.05, 0) is 44.5 Å². The van der Waals surface area contributed by atoms with E-state index in [9.17, 15) is 14.4 Å². The van der Waals surface area contributed by atoms with Crippen LogP contribution < -0.4 is 10.2 Å². The van der Waals surface area contributed by atoms with Gasteiger partial charge in [0.2, 0.25) is 0 Å². The third-order valence-electron chi connectivity index (χ3n) is 6.02. The Balaban J connectivity index is 1.53. The van der Waals surface area contributed by atoms with Crippen LogP contribution >= 0.6 is 11.8 Å². The van der Waals surface area contributed by atoms with Crippen LogP contribution in [0.5, 0.6) is 0 Å². The van der Waals surface area contributed by atoms with E-state index in [1.165, 1.54) is 18.9 Å². The standard InChI is InChI=1S/C26H33N3O6S/c1-26(2,3)35-25(32)27-20-16-36-21-13-18(24(31)33-4)15-29(22(21)23(20)30)14-17-5-7-19(8-6-17)28-9-11-34-12-10-28/h5-8,13,15,20,22H,9-12,14,16H2,1-4H3,(H,27,32)/t20-,22?/m0/s1. The second-order valence-electron chi connectivity index (χ2n) is 9.88. The van der Waals surface area contributed by atoms with Crippen molar-refractivity contribution < 1.29 is 28.6 Å². The number of esters is 1. The van der Waals surface area contributed by atoms with Gasteiger partial charge in [0.05, 0.1) is 25.9 Å². The molecule has 1 aromatic carbocycles. The summed E-state index contributed by atoms with van der Waals surface area (Å²) in [5, 5.41) is 2.72. The molecular formula is C26H33N3O6S. The number of nitrogens with one attached hydrogen (secondary N) is 1. The molecule has 0 aromatic heterocycles. The van der Waals surface area contributed by atoms with Gasteiger partial charge in [0, 0.05) is 42.2 Å². The molecule has 2 fully saturated rings. The minimum atomic E-state index is -0.703. The Bertz CT molecular complexity index is 1060. The van der Waals surface area contributed by atoms with E-state index in [2.05, 4.69) is 22.3 Å². The van der Waals surface area contributed by atoms with Gasteiger partial charge >= 0.3 is 12.1 Å². The molecule has 0 bridgehead atoms. The predicted octanol–water partition coefficient (Wildman–Crippen LogP) is 2.86. The van der Waals surface area contributed by atoms with Gasteiger partial charge in [-0.1, -0.05) is 12.1 Å². The van der Waals surface area contributed by atoms with Gasteiger partial charge in [-0.15, -0.1) is 11.8 Å². The van der Waals surface area contributed by atoms with Gasteiger partial charge in [-0.3, -0.25) is 4.79 Å². The number of carbonyl (C=O) groups is 3. The normalized spacial score (nSPS) is 22.3. The molecule has 9 nitrogen and oxygen atoms in total. The lowest BCUT2D eigenvalue weighted by molar-refractivity contribution is -0.136. The van der Waals surface area contributed by atoms with Crippen molar-refractivity contribution in [1.82, 2.24) is 10.2 Å². The molecule has 3 aliphatic heterocycles. The second-order valence-corrected chi connectivity index (χ2v) is 11.0. The van der Waals surface area contributed by atoms with Crippen LogP contribution in [0.1, 0.15) is 26.3 Å². The highest BCUT2D eigenvalue weighted by Crippen LogP contribution is 2.36. The molecule has 0 saturated carbocycles. The smallest absolute Gasteiger partial charge is 0.408 e. The molecule has 194 valence electrons. The summed E-state index contributed by atoms with van der Waals surface area (Å²) < 4.78 is 15.7. The molecule has 0 aliphatic carbocycles. The van der Waals surface area contributed by atoms with E-state index in [-0.39, 0.29) is 5.78 Å². The number of carbonyl (C=O) groups excluding carboxylic acids is 3. The third-order valence-corrected chi connectivity index (χ3v) is 7.20. The SMILES string of the molecule is COC(=O)C1=CN(Cc2ccc(N3CCOCC3)cc2)C2C(=O)[C@@H](NC(=O)OC(C)(C)C)CSC2=C1. The summed E-state index contributed by atoms with van der Waals surface area (Å²) in [7, 11) is 1.34. The quantitative estimate of drug-likeness (QED) is 0.594. The number of anilines is 1. The second kappa shape index (κ2) is 11.0. The lowest BCUT2D eigenvalue weighted by Crippen LogP contribution is -2.55. The number of fused-ring (bicyclic) bond motifs is 1. The first-order chi connectivity index (χ1) is 17.1. The first-order valence-electron chi connectivity index (χ1n) is 12.0. The van der Waals surface area contributed by atoms with Crippen molar-refractivity contribution in [3.63, 3.8) is 0 Å². The Morgan fingerprint density at radius 1 is 1.17 bits per heavy atom. The lowest BCUT2D eigenvalue weighted by atomic mass is 9.98. The molecule has 0 spiro atoms. The van der Waals surface area contributed by atoms with Gasteiger partial charge < -0.3 is 29.3 Å². The van der Waals surface area contributed by atoms with Crippen LogP contribution in [-0.4, -0.2) is 79.6 Å². The highest BCUT2D eigenvalue weighted by Gasteiger charge is 2.41. The Morgan fingerprint density at radius 2 is 1.86 bits per heavy atom. The number of hydrogen-bond donors (Lipinski definition) is 1. The number of hydrogen-bond acceptors (Lipinski definition) is 9.